The Labute approximate surface area is 133 Å². The van der Waals surface area contributed by atoms with Crippen molar-refractivity contribution in [2.24, 2.45) is 0 Å². The van der Waals surface area contributed by atoms with Crippen LogP contribution in [0.15, 0.2) is 42.5 Å². The van der Waals surface area contributed by atoms with E-state index in [0.717, 1.165) is 5.69 Å². The average Bonchev–Trinajstić information content (AvgIpc) is 2.46. The molecule has 1 N–H and O–H groups in total. The molecular weight excluding hydrogens is 305 g/mol. The lowest BCUT2D eigenvalue weighted by Crippen LogP contribution is -2.16. The lowest BCUT2D eigenvalue weighted by Gasteiger charge is -2.17. The second-order valence-electron chi connectivity index (χ2n) is 5.28. The summed E-state index contributed by atoms with van der Waals surface area (Å²) in [5.74, 6) is -2.33. The Morgan fingerprint density at radius 3 is 2.36 bits per heavy atom. The van der Waals surface area contributed by atoms with Crippen LogP contribution in [0.2, 0.25) is 5.02 Å². The standard InChI is InChI=1S/C17H17ClFNO2/c1-20(2)12-8-6-11(7-9-12)13(17(21)22)10-14-15(18)4-3-5-16(14)19/h3-9,13H,10H2,1-2H3,(H,21,22). The van der Waals surface area contributed by atoms with Gasteiger partial charge in [0.15, 0.2) is 0 Å². The molecule has 0 heterocycles. The molecule has 2 aromatic carbocycles. The summed E-state index contributed by atoms with van der Waals surface area (Å²) in [7, 11) is 3.81. The third-order valence-corrected chi connectivity index (χ3v) is 3.93. The summed E-state index contributed by atoms with van der Waals surface area (Å²) in [5.41, 5.74) is 1.82. The van der Waals surface area contributed by atoms with Crippen LogP contribution < -0.4 is 4.90 Å². The molecule has 0 aliphatic rings. The molecule has 0 saturated carbocycles. The lowest BCUT2D eigenvalue weighted by molar-refractivity contribution is -0.138. The fraction of sp³-hybridized carbons (Fsp3) is 0.235. The Morgan fingerprint density at radius 2 is 1.86 bits per heavy atom. The molecule has 116 valence electrons. The van der Waals surface area contributed by atoms with E-state index in [1.54, 1.807) is 18.2 Å². The number of carboxylic acid groups (broad SMARTS) is 1. The topological polar surface area (TPSA) is 40.5 Å². The van der Waals surface area contributed by atoms with E-state index in [2.05, 4.69) is 0 Å². The number of aliphatic carboxylic acids is 1. The Balaban J connectivity index is 2.33. The molecule has 0 amide bonds. The van der Waals surface area contributed by atoms with Crippen LogP contribution in [0.1, 0.15) is 17.0 Å². The van der Waals surface area contributed by atoms with E-state index in [0.29, 0.717) is 5.56 Å². The summed E-state index contributed by atoms with van der Waals surface area (Å²) in [5, 5.41) is 9.72. The second-order valence-corrected chi connectivity index (χ2v) is 5.69. The smallest absolute Gasteiger partial charge is 0.311 e. The first kappa shape index (κ1) is 16.3. The van der Waals surface area contributed by atoms with Gasteiger partial charge >= 0.3 is 5.97 Å². The van der Waals surface area contributed by atoms with E-state index in [9.17, 15) is 14.3 Å². The number of halogens is 2. The molecule has 0 aromatic heterocycles. The molecule has 22 heavy (non-hydrogen) atoms. The van der Waals surface area contributed by atoms with Crippen molar-refractivity contribution in [3.63, 3.8) is 0 Å². The first-order chi connectivity index (χ1) is 10.4. The second kappa shape index (κ2) is 6.79. The predicted octanol–water partition coefficient (Wildman–Crippen LogP) is 3.96. The normalized spacial score (nSPS) is 12.0. The Kier molecular flexibility index (Phi) is 5.03. The van der Waals surface area contributed by atoms with Crippen molar-refractivity contribution in [1.82, 2.24) is 0 Å². The van der Waals surface area contributed by atoms with Crippen molar-refractivity contribution in [2.45, 2.75) is 12.3 Å². The molecule has 2 rings (SSSR count). The molecular formula is C17H17ClFNO2. The van der Waals surface area contributed by atoms with Gasteiger partial charge < -0.3 is 10.0 Å². The fourth-order valence-corrected chi connectivity index (χ4v) is 2.52. The summed E-state index contributed by atoms with van der Waals surface area (Å²) in [6.45, 7) is 0. The van der Waals surface area contributed by atoms with E-state index in [1.165, 1.54) is 12.1 Å². The molecule has 0 spiro atoms. The SMILES string of the molecule is CN(C)c1ccc(C(Cc2c(F)cccc2Cl)C(=O)O)cc1. The Morgan fingerprint density at radius 1 is 1.23 bits per heavy atom. The van der Waals surface area contributed by atoms with Crippen LogP contribution in [0.3, 0.4) is 0 Å². The molecule has 0 fully saturated rings. The molecule has 0 bridgehead atoms. The summed E-state index contributed by atoms with van der Waals surface area (Å²) in [6.07, 6.45) is 0.0160. The molecule has 1 atom stereocenters. The van der Waals surface area contributed by atoms with Gasteiger partial charge in [0, 0.05) is 30.4 Å². The van der Waals surface area contributed by atoms with E-state index < -0.39 is 17.7 Å². The number of anilines is 1. The maximum Gasteiger partial charge on any atom is 0.311 e. The highest BCUT2D eigenvalue weighted by molar-refractivity contribution is 6.31. The van der Waals surface area contributed by atoms with Crippen molar-refractivity contribution < 1.29 is 14.3 Å². The molecule has 0 saturated heterocycles. The maximum atomic E-state index is 13.9. The van der Waals surface area contributed by atoms with E-state index >= 15 is 0 Å². The highest BCUT2D eigenvalue weighted by Gasteiger charge is 2.23. The lowest BCUT2D eigenvalue weighted by atomic mass is 9.91. The number of rotatable bonds is 5. The van der Waals surface area contributed by atoms with Gasteiger partial charge in [0.1, 0.15) is 5.82 Å². The molecule has 2 aromatic rings. The van der Waals surface area contributed by atoms with E-state index in [1.807, 2.05) is 31.1 Å². The quantitative estimate of drug-likeness (QED) is 0.906. The number of hydrogen-bond acceptors (Lipinski definition) is 2. The van der Waals surface area contributed by atoms with Gasteiger partial charge in [-0.2, -0.15) is 0 Å². The zero-order valence-corrected chi connectivity index (χ0v) is 13.1. The van der Waals surface area contributed by atoms with Crippen LogP contribution in [0.4, 0.5) is 10.1 Å². The van der Waals surface area contributed by atoms with E-state index in [4.69, 9.17) is 11.6 Å². The molecule has 1 unspecified atom stereocenters. The number of benzene rings is 2. The first-order valence-electron chi connectivity index (χ1n) is 6.83. The van der Waals surface area contributed by atoms with Crippen molar-refractivity contribution >= 4 is 23.3 Å². The van der Waals surface area contributed by atoms with Crippen molar-refractivity contribution in [1.29, 1.82) is 0 Å². The van der Waals surface area contributed by atoms with Gasteiger partial charge in [-0.25, -0.2) is 4.39 Å². The fourth-order valence-electron chi connectivity index (χ4n) is 2.28. The number of nitrogens with zero attached hydrogens (tertiary/aromatic N) is 1. The number of carbonyl (C=O) groups is 1. The third-order valence-electron chi connectivity index (χ3n) is 3.58. The Bertz CT molecular complexity index is 651. The van der Waals surface area contributed by atoms with Gasteiger partial charge in [0.25, 0.3) is 0 Å². The molecule has 0 radical (unpaired) electrons. The van der Waals surface area contributed by atoms with Crippen molar-refractivity contribution in [3.05, 3.63) is 64.4 Å². The Hall–Kier alpha value is -2.07. The zero-order chi connectivity index (χ0) is 16.3. The van der Waals surface area contributed by atoms with Crippen molar-refractivity contribution in [3.8, 4) is 0 Å². The predicted molar refractivity (Wildman–Crippen MR) is 86.3 cm³/mol. The van der Waals surface area contributed by atoms with Crippen LogP contribution in [0.25, 0.3) is 0 Å². The molecule has 0 aliphatic carbocycles. The van der Waals surface area contributed by atoms with Gasteiger partial charge in [-0.05, 0) is 36.2 Å². The van der Waals surface area contributed by atoms with Crippen LogP contribution >= 0.6 is 11.6 Å². The van der Waals surface area contributed by atoms with Crippen LogP contribution in [0, 0.1) is 5.82 Å². The summed E-state index contributed by atoms with van der Waals surface area (Å²) in [6, 6.07) is 11.5. The first-order valence-corrected chi connectivity index (χ1v) is 7.21. The molecule has 3 nitrogen and oxygen atoms in total. The molecule has 0 aliphatic heterocycles. The van der Waals surface area contributed by atoms with Gasteiger partial charge in [-0.1, -0.05) is 29.8 Å². The minimum absolute atomic E-state index is 0.0160. The van der Waals surface area contributed by atoms with Crippen molar-refractivity contribution in [2.75, 3.05) is 19.0 Å². The monoisotopic (exact) mass is 321 g/mol. The summed E-state index contributed by atoms with van der Waals surface area (Å²) >= 11 is 5.99. The number of hydrogen-bond donors (Lipinski definition) is 1. The highest BCUT2D eigenvalue weighted by Crippen LogP contribution is 2.28. The minimum atomic E-state index is -1.00. The maximum absolute atomic E-state index is 13.9. The number of carboxylic acids is 1. The van der Waals surface area contributed by atoms with Gasteiger partial charge in [-0.3, -0.25) is 4.79 Å². The van der Waals surface area contributed by atoms with Crippen LogP contribution in [0.5, 0.6) is 0 Å². The molecule has 5 heteroatoms. The minimum Gasteiger partial charge on any atom is -0.481 e. The summed E-state index contributed by atoms with van der Waals surface area (Å²) < 4.78 is 13.9. The highest BCUT2D eigenvalue weighted by atomic mass is 35.5. The van der Waals surface area contributed by atoms with Crippen LogP contribution in [-0.4, -0.2) is 25.2 Å². The summed E-state index contributed by atoms with van der Waals surface area (Å²) in [4.78, 5) is 13.5. The van der Waals surface area contributed by atoms with E-state index in [-0.39, 0.29) is 17.0 Å². The third kappa shape index (κ3) is 3.57. The largest absolute Gasteiger partial charge is 0.481 e. The van der Waals surface area contributed by atoms with Gasteiger partial charge in [0.2, 0.25) is 0 Å². The van der Waals surface area contributed by atoms with Gasteiger partial charge in [-0.15, -0.1) is 0 Å². The zero-order valence-electron chi connectivity index (χ0n) is 12.4. The van der Waals surface area contributed by atoms with Gasteiger partial charge in [0.05, 0.1) is 5.92 Å². The van der Waals surface area contributed by atoms with Crippen LogP contribution in [-0.2, 0) is 11.2 Å². The average molecular weight is 322 g/mol.